The predicted molar refractivity (Wildman–Crippen MR) is 87.5 cm³/mol. The van der Waals surface area contributed by atoms with Gasteiger partial charge in [-0.05, 0) is 24.6 Å². The number of phenols is 1. The zero-order chi connectivity index (χ0) is 17.9. The van der Waals surface area contributed by atoms with Crippen molar-refractivity contribution in [3.8, 4) is 22.6 Å². The lowest BCUT2D eigenvalue weighted by Crippen LogP contribution is -2.14. The average Bonchev–Trinajstić information content (AvgIpc) is 2.62. The van der Waals surface area contributed by atoms with Gasteiger partial charge in [0.1, 0.15) is 11.5 Å². The van der Waals surface area contributed by atoms with Gasteiger partial charge in [0.2, 0.25) is 0 Å². The molecule has 0 aliphatic rings. The van der Waals surface area contributed by atoms with E-state index in [4.69, 9.17) is 14.2 Å². The largest absolute Gasteiger partial charge is 0.508 e. The minimum absolute atomic E-state index is 0.0177. The van der Waals surface area contributed by atoms with Crippen molar-refractivity contribution in [2.24, 2.45) is 0 Å². The lowest BCUT2D eigenvalue weighted by Gasteiger charge is -2.18. The number of phenolic OH excluding ortho intramolecular Hbond substituents is 1. The quantitative estimate of drug-likeness (QED) is 0.868. The van der Waals surface area contributed by atoms with Crippen molar-refractivity contribution in [2.45, 2.75) is 6.92 Å². The van der Waals surface area contributed by atoms with Gasteiger partial charge in [-0.2, -0.15) is 0 Å². The van der Waals surface area contributed by atoms with E-state index in [-0.39, 0.29) is 16.9 Å². The van der Waals surface area contributed by atoms with Crippen LogP contribution in [0.4, 0.5) is 0 Å². The van der Waals surface area contributed by atoms with Gasteiger partial charge in [-0.25, -0.2) is 9.59 Å². The third-order valence-corrected chi connectivity index (χ3v) is 3.73. The molecule has 6 nitrogen and oxygen atoms in total. The second kappa shape index (κ2) is 7.04. The van der Waals surface area contributed by atoms with E-state index >= 15 is 0 Å². The summed E-state index contributed by atoms with van der Waals surface area (Å²) in [7, 11) is 3.91. The molecule has 2 aromatic rings. The second-order valence-corrected chi connectivity index (χ2v) is 5.00. The van der Waals surface area contributed by atoms with Crippen LogP contribution in [0.25, 0.3) is 11.1 Å². The molecule has 0 atom stereocenters. The first kappa shape index (κ1) is 17.3. The summed E-state index contributed by atoms with van der Waals surface area (Å²) in [6.07, 6.45) is 0. The molecule has 0 amide bonds. The Morgan fingerprint density at radius 3 is 2.21 bits per heavy atom. The molecule has 0 fully saturated rings. The highest BCUT2D eigenvalue weighted by molar-refractivity contribution is 6.09. The van der Waals surface area contributed by atoms with Gasteiger partial charge in [-0.15, -0.1) is 0 Å². The molecule has 0 bridgehead atoms. The molecule has 0 unspecified atom stereocenters. The van der Waals surface area contributed by atoms with Gasteiger partial charge in [0.05, 0.1) is 32.5 Å². The van der Waals surface area contributed by atoms with Crippen LogP contribution in [0.15, 0.2) is 30.3 Å². The number of rotatable bonds is 4. The lowest BCUT2D eigenvalue weighted by atomic mass is 9.90. The molecule has 0 heterocycles. The van der Waals surface area contributed by atoms with Gasteiger partial charge in [0, 0.05) is 11.1 Å². The molecule has 0 spiro atoms. The van der Waals surface area contributed by atoms with E-state index in [0.717, 1.165) is 0 Å². The van der Waals surface area contributed by atoms with Gasteiger partial charge in [-0.3, -0.25) is 0 Å². The fourth-order valence-electron chi connectivity index (χ4n) is 2.54. The van der Waals surface area contributed by atoms with Gasteiger partial charge in [-0.1, -0.05) is 18.2 Å². The monoisotopic (exact) mass is 330 g/mol. The predicted octanol–water partition coefficient (Wildman–Crippen LogP) is 2.95. The number of methoxy groups -OCH3 is 3. The summed E-state index contributed by atoms with van der Waals surface area (Å²) >= 11 is 0. The zero-order valence-corrected chi connectivity index (χ0v) is 13.9. The summed E-state index contributed by atoms with van der Waals surface area (Å²) in [5.74, 6) is -1.10. The first-order chi connectivity index (χ1) is 11.5. The Morgan fingerprint density at radius 1 is 1.00 bits per heavy atom. The highest BCUT2D eigenvalue weighted by Crippen LogP contribution is 2.40. The summed E-state index contributed by atoms with van der Waals surface area (Å²) in [6.45, 7) is 1.64. The van der Waals surface area contributed by atoms with Crippen molar-refractivity contribution < 1.29 is 28.9 Å². The molecular formula is C18H18O6. The maximum atomic E-state index is 12.4. The van der Waals surface area contributed by atoms with Crippen LogP contribution >= 0.6 is 0 Å². The number of carbonyl (C=O) groups is 2. The highest BCUT2D eigenvalue weighted by Gasteiger charge is 2.28. The van der Waals surface area contributed by atoms with Crippen LogP contribution in [0.5, 0.6) is 11.5 Å². The lowest BCUT2D eigenvalue weighted by molar-refractivity contribution is 0.0555. The molecule has 0 aliphatic carbocycles. The SMILES string of the molecule is COC(=O)c1cc(O)c(C)c(-c2ccccc2OC)c1C(=O)OC. The van der Waals surface area contributed by atoms with Crippen molar-refractivity contribution in [1.82, 2.24) is 0 Å². The van der Waals surface area contributed by atoms with E-state index < -0.39 is 11.9 Å². The van der Waals surface area contributed by atoms with E-state index in [2.05, 4.69) is 0 Å². The summed E-state index contributed by atoms with van der Waals surface area (Å²) in [6, 6.07) is 8.19. The van der Waals surface area contributed by atoms with Crippen LogP contribution in [0.3, 0.4) is 0 Å². The Bertz CT molecular complexity index is 794. The van der Waals surface area contributed by atoms with Crippen LogP contribution in [-0.2, 0) is 9.47 Å². The molecule has 2 aromatic carbocycles. The maximum Gasteiger partial charge on any atom is 0.339 e. The van der Waals surface area contributed by atoms with E-state index in [1.807, 2.05) is 0 Å². The molecule has 24 heavy (non-hydrogen) atoms. The Balaban J connectivity index is 2.94. The third kappa shape index (κ3) is 2.90. The minimum atomic E-state index is -0.748. The first-order valence-corrected chi connectivity index (χ1v) is 7.12. The normalized spacial score (nSPS) is 10.2. The Kier molecular flexibility index (Phi) is 5.08. The number of aromatic hydroxyl groups is 1. The molecule has 2 rings (SSSR count). The topological polar surface area (TPSA) is 82.1 Å². The van der Waals surface area contributed by atoms with E-state index in [0.29, 0.717) is 22.4 Å². The molecule has 126 valence electrons. The Morgan fingerprint density at radius 2 is 1.62 bits per heavy atom. The van der Waals surface area contributed by atoms with Crippen molar-refractivity contribution in [1.29, 1.82) is 0 Å². The fraction of sp³-hybridized carbons (Fsp3) is 0.222. The molecule has 0 saturated carbocycles. The van der Waals surface area contributed by atoms with Crippen molar-refractivity contribution in [2.75, 3.05) is 21.3 Å². The number of ether oxygens (including phenoxy) is 3. The number of hydrogen-bond donors (Lipinski definition) is 1. The van der Waals surface area contributed by atoms with Crippen molar-refractivity contribution in [3.63, 3.8) is 0 Å². The molecule has 0 aliphatic heterocycles. The number of hydrogen-bond acceptors (Lipinski definition) is 6. The maximum absolute atomic E-state index is 12.4. The average molecular weight is 330 g/mol. The molecular weight excluding hydrogens is 312 g/mol. The van der Waals surface area contributed by atoms with Gasteiger partial charge in [0.25, 0.3) is 0 Å². The number of para-hydroxylation sites is 1. The number of carbonyl (C=O) groups excluding carboxylic acids is 2. The summed E-state index contributed by atoms with van der Waals surface area (Å²) in [5, 5.41) is 10.2. The Labute approximate surface area is 139 Å². The molecule has 0 aromatic heterocycles. The van der Waals surface area contributed by atoms with Gasteiger partial charge < -0.3 is 19.3 Å². The molecule has 0 saturated heterocycles. The minimum Gasteiger partial charge on any atom is -0.508 e. The van der Waals surface area contributed by atoms with E-state index in [9.17, 15) is 14.7 Å². The van der Waals surface area contributed by atoms with Crippen LogP contribution < -0.4 is 4.74 Å². The Hall–Kier alpha value is -3.02. The van der Waals surface area contributed by atoms with Crippen LogP contribution in [0.1, 0.15) is 26.3 Å². The van der Waals surface area contributed by atoms with Gasteiger partial charge in [0.15, 0.2) is 0 Å². The highest BCUT2D eigenvalue weighted by atomic mass is 16.5. The van der Waals surface area contributed by atoms with E-state index in [1.165, 1.54) is 27.4 Å². The van der Waals surface area contributed by atoms with Crippen LogP contribution in [0, 0.1) is 6.92 Å². The smallest absolute Gasteiger partial charge is 0.339 e. The van der Waals surface area contributed by atoms with E-state index in [1.54, 1.807) is 31.2 Å². The zero-order valence-electron chi connectivity index (χ0n) is 13.9. The number of esters is 2. The summed E-state index contributed by atoms with van der Waals surface area (Å²) in [5.41, 5.74) is 1.28. The summed E-state index contributed by atoms with van der Waals surface area (Å²) in [4.78, 5) is 24.4. The molecule has 0 radical (unpaired) electrons. The first-order valence-electron chi connectivity index (χ1n) is 7.12. The summed E-state index contributed by atoms with van der Waals surface area (Å²) < 4.78 is 14.9. The third-order valence-electron chi connectivity index (χ3n) is 3.73. The molecule has 6 heteroatoms. The van der Waals surface area contributed by atoms with Crippen LogP contribution in [-0.4, -0.2) is 38.4 Å². The second-order valence-electron chi connectivity index (χ2n) is 5.00. The fourth-order valence-corrected chi connectivity index (χ4v) is 2.54. The van der Waals surface area contributed by atoms with Crippen molar-refractivity contribution >= 4 is 11.9 Å². The van der Waals surface area contributed by atoms with Crippen LogP contribution in [0.2, 0.25) is 0 Å². The standard InChI is InChI=1S/C18H18O6/c1-10-13(19)9-12(17(20)23-3)16(18(21)24-4)15(10)11-7-5-6-8-14(11)22-2/h5-9,19H,1-4H3. The molecule has 1 N–H and O–H groups in total. The van der Waals surface area contributed by atoms with Crippen molar-refractivity contribution in [3.05, 3.63) is 47.0 Å². The number of benzene rings is 2. The van der Waals surface area contributed by atoms with Gasteiger partial charge >= 0.3 is 11.9 Å².